The Morgan fingerprint density at radius 3 is 2.00 bits per heavy atom. The summed E-state index contributed by atoms with van der Waals surface area (Å²) in [4.78, 5) is 0. The van der Waals surface area contributed by atoms with Crippen molar-refractivity contribution in [3.63, 3.8) is 0 Å². The lowest BCUT2D eigenvalue weighted by Gasteiger charge is -2.15. The van der Waals surface area contributed by atoms with Crippen LogP contribution in [0.15, 0.2) is 36.4 Å². The number of phenolic OH excluding ortho intramolecular Hbond substituents is 1. The van der Waals surface area contributed by atoms with Crippen LogP contribution in [0.2, 0.25) is 0 Å². The molecule has 0 aliphatic carbocycles. The van der Waals surface area contributed by atoms with Gasteiger partial charge in [-0.1, -0.05) is 45.0 Å². The third kappa shape index (κ3) is 2.81. The van der Waals surface area contributed by atoms with Gasteiger partial charge in [0.1, 0.15) is 5.75 Å². The maximum atomic E-state index is 9.83. The molecular weight excluding hydrogens is 232 g/mol. The number of aryl methyl sites for hydroxylation is 3. The van der Waals surface area contributed by atoms with Crippen LogP contribution in [0.5, 0.6) is 5.75 Å². The topological polar surface area (TPSA) is 20.2 Å². The third-order valence-corrected chi connectivity index (χ3v) is 3.67. The van der Waals surface area contributed by atoms with Gasteiger partial charge in [-0.05, 0) is 59.2 Å². The molecule has 0 aliphatic heterocycles. The van der Waals surface area contributed by atoms with Crippen molar-refractivity contribution in [3.8, 4) is 16.9 Å². The predicted molar refractivity (Wildman–Crippen MR) is 81.7 cm³/mol. The van der Waals surface area contributed by atoms with Crippen LogP contribution in [0.1, 0.15) is 37.5 Å². The number of hydrogen-bond acceptors (Lipinski definition) is 1. The Kier molecular flexibility index (Phi) is 4.26. The maximum absolute atomic E-state index is 9.83. The second-order valence-electron chi connectivity index (χ2n) is 4.90. The Morgan fingerprint density at radius 2 is 1.47 bits per heavy atom. The van der Waals surface area contributed by atoms with Crippen molar-refractivity contribution in [2.75, 3.05) is 0 Å². The summed E-state index contributed by atoms with van der Waals surface area (Å²) in [5.74, 6) is 0.379. The van der Waals surface area contributed by atoms with E-state index in [4.69, 9.17) is 0 Å². The predicted octanol–water partition coefficient (Wildman–Crippen LogP) is 4.75. The van der Waals surface area contributed by atoms with Gasteiger partial charge in [0.25, 0.3) is 0 Å². The molecule has 0 unspecified atom stereocenters. The minimum atomic E-state index is 0.379. The van der Waals surface area contributed by atoms with Crippen molar-refractivity contribution < 1.29 is 5.11 Å². The summed E-state index contributed by atoms with van der Waals surface area (Å²) in [6, 6.07) is 12.5. The van der Waals surface area contributed by atoms with Gasteiger partial charge in [0.05, 0.1) is 0 Å². The second kappa shape index (κ2) is 5.92. The zero-order valence-corrected chi connectivity index (χ0v) is 12.0. The fraction of sp³-hybridized carbons (Fsp3) is 0.333. The summed E-state index contributed by atoms with van der Waals surface area (Å²) < 4.78 is 0. The summed E-state index contributed by atoms with van der Waals surface area (Å²) >= 11 is 0. The van der Waals surface area contributed by atoms with Gasteiger partial charge in [-0.15, -0.1) is 0 Å². The van der Waals surface area contributed by atoms with E-state index < -0.39 is 0 Å². The third-order valence-electron chi connectivity index (χ3n) is 3.67. The quantitative estimate of drug-likeness (QED) is 0.835. The van der Waals surface area contributed by atoms with Crippen molar-refractivity contribution in [3.05, 3.63) is 53.1 Å². The van der Waals surface area contributed by atoms with Gasteiger partial charge in [0, 0.05) is 0 Å². The minimum absolute atomic E-state index is 0.379. The van der Waals surface area contributed by atoms with E-state index in [-0.39, 0.29) is 0 Å². The van der Waals surface area contributed by atoms with Crippen LogP contribution in [0.25, 0.3) is 11.1 Å². The molecule has 1 nitrogen and oxygen atoms in total. The van der Waals surface area contributed by atoms with E-state index in [1.807, 2.05) is 12.1 Å². The van der Waals surface area contributed by atoms with Gasteiger partial charge in [-0.2, -0.15) is 0 Å². The van der Waals surface area contributed by atoms with E-state index in [0.717, 1.165) is 19.3 Å². The smallest absolute Gasteiger partial charge is 0.116 e. The Balaban J connectivity index is 2.65. The molecule has 0 radical (unpaired) electrons. The normalized spacial score (nSPS) is 10.7. The zero-order valence-electron chi connectivity index (χ0n) is 12.0. The molecule has 1 N–H and O–H groups in total. The zero-order chi connectivity index (χ0) is 13.8. The summed E-state index contributed by atoms with van der Waals surface area (Å²) in [5.41, 5.74) is 6.39. The first-order valence-corrected chi connectivity index (χ1v) is 7.13. The molecule has 0 atom stereocenters. The van der Waals surface area contributed by atoms with Gasteiger partial charge in [0.15, 0.2) is 0 Å². The van der Waals surface area contributed by atoms with Crippen molar-refractivity contribution in [1.29, 1.82) is 0 Å². The molecule has 2 rings (SSSR count). The first-order valence-electron chi connectivity index (χ1n) is 7.13. The van der Waals surface area contributed by atoms with Gasteiger partial charge in [0.2, 0.25) is 0 Å². The molecule has 100 valence electrons. The molecule has 0 saturated heterocycles. The van der Waals surface area contributed by atoms with Crippen molar-refractivity contribution in [1.82, 2.24) is 0 Å². The number of phenols is 1. The van der Waals surface area contributed by atoms with Crippen LogP contribution >= 0.6 is 0 Å². The standard InChI is InChI=1S/C18H22O/c1-4-13-8-7-9-16(10-13)18-14(5-2)11-17(19)12-15(18)6-3/h7-12,19H,4-6H2,1-3H3. The molecule has 0 saturated carbocycles. The Bertz CT molecular complexity index is 545. The van der Waals surface area contributed by atoms with Crippen molar-refractivity contribution in [2.45, 2.75) is 40.0 Å². The lowest BCUT2D eigenvalue weighted by molar-refractivity contribution is 0.474. The molecule has 1 heteroatoms. The highest BCUT2D eigenvalue weighted by atomic mass is 16.3. The molecule has 0 heterocycles. The van der Waals surface area contributed by atoms with E-state index in [9.17, 15) is 5.11 Å². The SMILES string of the molecule is CCc1cccc(-c2c(CC)cc(O)cc2CC)c1. The fourth-order valence-electron chi connectivity index (χ4n) is 2.62. The van der Waals surface area contributed by atoms with Crippen LogP contribution < -0.4 is 0 Å². The Labute approximate surface area is 115 Å². The molecule has 0 aromatic heterocycles. The molecular formula is C18H22O. The fourth-order valence-corrected chi connectivity index (χ4v) is 2.62. The largest absolute Gasteiger partial charge is 0.508 e. The first kappa shape index (κ1) is 13.7. The lowest BCUT2D eigenvalue weighted by Crippen LogP contribution is -1.95. The summed E-state index contributed by atoms with van der Waals surface area (Å²) in [6.45, 7) is 6.46. The monoisotopic (exact) mass is 254 g/mol. The summed E-state index contributed by atoms with van der Waals surface area (Å²) in [6.07, 6.45) is 2.93. The molecule has 19 heavy (non-hydrogen) atoms. The van der Waals surface area contributed by atoms with E-state index in [2.05, 4.69) is 45.0 Å². The number of benzene rings is 2. The average Bonchev–Trinajstić information content (AvgIpc) is 2.46. The highest BCUT2D eigenvalue weighted by molar-refractivity contribution is 5.73. The van der Waals surface area contributed by atoms with E-state index >= 15 is 0 Å². The molecule has 0 fully saturated rings. The van der Waals surface area contributed by atoms with Crippen LogP contribution in [-0.2, 0) is 19.3 Å². The highest BCUT2D eigenvalue weighted by Crippen LogP contribution is 2.32. The molecule has 2 aromatic rings. The van der Waals surface area contributed by atoms with Crippen LogP contribution in [0.4, 0.5) is 0 Å². The number of hydrogen-bond donors (Lipinski definition) is 1. The van der Waals surface area contributed by atoms with E-state index in [1.54, 1.807) is 0 Å². The van der Waals surface area contributed by atoms with Crippen LogP contribution in [0.3, 0.4) is 0 Å². The van der Waals surface area contributed by atoms with Gasteiger partial charge >= 0.3 is 0 Å². The van der Waals surface area contributed by atoms with Crippen LogP contribution in [0, 0.1) is 0 Å². The lowest BCUT2D eigenvalue weighted by atomic mass is 9.90. The molecule has 2 aromatic carbocycles. The molecule has 0 spiro atoms. The van der Waals surface area contributed by atoms with Crippen molar-refractivity contribution in [2.24, 2.45) is 0 Å². The summed E-state index contributed by atoms with van der Waals surface area (Å²) in [7, 11) is 0. The minimum Gasteiger partial charge on any atom is -0.508 e. The average molecular weight is 254 g/mol. The van der Waals surface area contributed by atoms with E-state index in [0.29, 0.717) is 5.75 Å². The first-order chi connectivity index (χ1) is 9.19. The van der Waals surface area contributed by atoms with Crippen LogP contribution in [-0.4, -0.2) is 5.11 Å². The second-order valence-corrected chi connectivity index (χ2v) is 4.90. The highest BCUT2D eigenvalue weighted by Gasteiger charge is 2.11. The number of rotatable bonds is 4. The molecule has 0 bridgehead atoms. The molecule has 0 aliphatic rings. The summed E-state index contributed by atoms with van der Waals surface area (Å²) in [5, 5.41) is 9.83. The maximum Gasteiger partial charge on any atom is 0.116 e. The van der Waals surface area contributed by atoms with Gasteiger partial charge in [-0.3, -0.25) is 0 Å². The van der Waals surface area contributed by atoms with Gasteiger partial charge in [-0.25, -0.2) is 0 Å². The van der Waals surface area contributed by atoms with Gasteiger partial charge < -0.3 is 5.11 Å². The van der Waals surface area contributed by atoms with E-state index in [1.165, 1.54) is 27.8 Å². The Morgan fingerprint density at radius 1 is 0.842 bits per heavy atom. The van der Waals surface area contributed by atoms with Crippen molar-refractivity contribution >= 4 is 0 Å². The number of aromatic hydroxyl groups is 1. The Hall–Kier alpha value is -1.76. The molecule has 0 amide bonds.